The first-order valence-electron chi connectivity index (χ1n) is 7.59. The van der Waals surface area contributed by atoms with Crippen molar-refractivity contribution in [2.45, 2.75) is 58.8 Å². The average Bonchev–Trinajstić information content (AvgIpc) is 2.49. The van der Waals surface area contributed by atoms with Crippen LogP contribution in [-0.4, -0.2) is 12.4 Å². The predicted molar refractivity (Wildman–Crippen MR) is 71.8 cm³/mol. The Kier molecular flexibility index (Phi) is 3.17. The first kappa shape index (κ1) is 12.5. The molecule has 102 valence electrons. The Bertz CT molecular complexity index is 338. The highest BCUT2D eigenvalue weighted by Gasteiger charge is 2.50. The van der Waals surface area contributed by atoms with Crippen LogP contribution in [0.1, 0.15) is 46.5 Å². The molecular formula is C16H26O2. The van der Waals surface area contributed by atoms with Crippen molar-refractivity contribution < 1.29 is 9.47 Å². The second-order valence-corrected chi connectivity index (χ2v) is 6.72. The van der Waals surface area contributed by atoms with Crippen molar-refractivity contribution in [1.29, 1.82) is 0 Å². The van der Waals surface area contributed by atoms with E-state index < -0.39 is 0 Å². The van der Waals surface area contributed by atoms with Gasteiger partial charge in [0.1, 0.15) is 0 Å². The Balaban J connectivity index is 1.92. The summed E-state index contributed by atoms with van der Waals surface area (Å²) in [5, 5.41) is 0. The summed E-state index contributed by atoms with van der Waals surface area (Å²) in [5.74, 6) is 4.38. The topological polar surface area (TPSA) is 18.5 Å². The Morgan fingerprint density at radius 3 is 2.50 bits per heavy atom. The Hall–Kier alpha value is -0.500. The zero-order valence-corrected chi connectivity index (χ0v) is 11.9. The lowest BCUT2D eigenvalue weighted by Gasteiger charge is -2.50. The molecule has 3 aliphatic rings. The van der Waals surface area contributed by atoms with Gasteiger partial charge in [-0.25, -0.2) is 0 Å². The molecule has 1 aliphatic carbocycles. The van der Waals surface area contributed by atoms with Crippen LogP contribution < -0.4 is 0 Å². The van der Waals surface area contributed by atoms with E-state index in [1.54, 1.807) is 0 Å². The number of allylic oxidation sites excluding steroid dienone is 1. The second-order valence-electron chi connectivity index (χ2n) is 6.72. The Labute approximate surface area is 111 Å². The van der Waals surface area contributed by atoms with Crippen LogP contribution in [0.5, 0.6) is 0 Å². The summed E-state index contributed by atoms with van der Waals surface area (Å²) in [5.41, 5.74) is 0. The van der Waals surface area contributed by atoms with Crippen molar-refractivity contribution in [2.24, 2.45) is 29.6 Å². The molecule has 0 spiro atoms. The maximum absolute atomic E-state index is 6.14. The van der Waals surface area contributed by atoms with E-state index in [0.717, 1.165) is 23.5 Å². The number of hydrogen-bond acceptors (Lipinski definition) is 2. The van der Waals surface area contributed by atoms with E-state index in [4.69, 9.17) is 9.47 Å². The van der Waals surface area contributed by atoms with Gasteiger partial charge in [-0.2, -0.15) is 0 Å². The van der Waals surface area contributed by atoms with E-state index in [1.807, 2.05) is 0 Å². The van der Waals surface area contributed by atoms with Crippen LogP contribution in [0.3, 0.4) is 0 Å². The minimum atomic E-state index is -0.0241. The van der Waals surface area contributed by atoms with E-state index in [0.29, 0.717) is 17.9 Å². The van der Waals surface area contributed by atoms with Gasteiger partial charge in [-0.3, -0.25) is 0 Å². The van der Waals surface area contributed by atoms with Crippen LogP contribution in [0.4, 0.5) is 0 Å². The second kappa shape index (κ2) is 4.56. The van der Waals surface area contributed by atoms with Crippen molar-refractivity contribution in [2.75, 3.05) is 0 Å². The minimum absolute atomic E-state index is 0.0241. The van der Waals surface area contributed by atoms with Crippen LogP contribution >= 0.6 is 0 Å². The van der Waals surface area contributed by atoms with Gasteiger partial charge in [-0.15, -0.1) is 0 Å². The SMILES string of the molecule is C=C1O[C@@H]2O[C@@H](C)CC[C@@H]3C2[C@@H](CC[C@H]3C)[C@H]1C. The molecule has 1 saturated carbocycles. The lowest BCUT2D eigenvalue weighted by Crippen LogP contribution is -2.48. The van der Waals surface area contributed by atoms with E-state index in [-0.39, 0.29) is 6.29 Å². The molecule has 0 N–H and O–H groups in total. The Morgan fingerprint density at radius 2 is 1.72 bits per heavy atom. The molecule has 2 heterocycles. The van der Waals surface area contributed by atoms with Gasteiger partial charge in [-0.05, 0) is 43.9 Å². The molecular weight excluding hydrogens is 224 g/mol. The normalized spacial score (nSPS) is 52.2. The van der Waals surface area contributed by atoms with E-state index in [2.05, 4.69) is 27.4 Å². The number of ether oxygens (including phenoxy) is 2. The fourth-order valence-corrected chi connectivity index (χ4v) is 4.44. The van der Waals surface area contributed by atoms with Gasteiger partial charge in [-0.1, -0.05) is 26.8 Å². The molecule has 0 aromatic heterocycles. The quantitative estimate of drug-likeness (QED) is 0.647. The molecule has 2 saturated heterocycles. The lowest BCUT2D eigenvalue weighted by molar-refractivity contribution is -0.223. The summed E-state index contributed by atoms with van der Waals surface area (Å²) in [7, 11) is 0. The van der Waals surface area contributed by atoms with Crippen molar-refractivity contribution >= 4 is 0 Å². The van der Waals surface area contributed by atoms with Gasteiger partial charge in [0.25, 0.3) is 0 Å². The molecule has 0 amide bonds. The monoisotopic (exact) mass is 250 g/mol. The largest absolute Gasteiger partial charge is 0.469 e. The molecule has 0 aromatic rings. The summed E-state index contributed by atoms with van der Waals surface area (Å²) in [6.45, 7) is 11.0. The van der Waals surface area contributed by atoms with Crippen LogP contribution in [0, 0.1) is 29.6 Å². The highest BCUT2D eigenvalue weighted by molar-refractivity contribution is 5.04. The zero-order chi connectivity index (χ0) is 12.9. The van der Waals surface area contributed by atoms with E-state index >= 15 is 0 Å². The fraction of sp³-hybridized carbons (Fsp3) is 0.875. The van der Waals surface area contributed by atoms with Gasteiger partial charge in [0.2, 0.25) is 6.29 Å². The predicted octanol–water partition coefficient (Wildman–Crippen LogP) is 3.97. The third-order valence-corrected chi connectivity index (χ3v) is 5.68. The molecule has 0 aromatic carbocycles. The molecule has 18 heavy (non-hydrogen) atoms. The molecule has 2 nitrogen and oxygen atoms in total. The fourth-order valence-electron chi connectivity index (χ4n) is 4.44. The van der Waals surface area contributed by atoms with Crippen LogP contribution in [0.15, 0.2) is 12.3 Å². The summed E-state index contributed by atoms with van der Waals surface area (Å²) in [6, 6.07) is 0. The number of rotatable bonds is 0. The first-order chi connectivity index (χ1) is 8.58. The highest BCUT2D eigenvalue weighted by atomic mass is 16.7. The smallest absolute Gasteiger partial charge is 0.202 e. The Morgan fingerprint density at radius 1 is 1.00 bits per heavy atom. The summed E-state index contributed by atoms with van der Waals surface area (Å²) >= 11 is 0. The van der Waals surface area contributed by atoms with Gasteiger partial charge >= 0.3 is 0 Å². The molecule has 2 aliphatic heterocycles. The molecule has 2 heteroatoms. The van der Waals surface area contributed by atoms with Crippen LogP contribution in [0.25, 0.3) is 0 Å². The standard InChI is InChI=1S/C16H26O2/c1-9-5-7-14-11(3)12(4)18-16-15(14)13(9)8-6-10(2)17-16/h9-11,13-16H,4-8H2,1-3H3/t9-,10+,11+,13+,14+,15?,16+/m1/s1. The molecule has 0 radical (unpaired) electrons. The third-order valence-electron chi connectivity index (χ3n) is 5.68. The van der Waals surface area contributed by atoms with Crippen molar-refractivity contribution in [3.8, 4) is 0 Å². The van der Waals surface area contributed by atoms with Crippen LogP contribution in [-0.2, 0) is 9.47 Å². The molecule has 0 bridgehead atoms. The lowest BCUT2D eigenvalue weighted by atomic mass is 9.61. The van der Waals surface area contributed by atoms with Crippen molar-refractivity contribution in [3.63, 3.8) is 0 Å². The average molecular weight is 250 g/mol. The maximum Gasteiger partial charge on any atom is 0.202 e. The highest BCUT2D eigenvalue weighted by Crippen LogP contribution is 2.52. The maximum atomic E-state index is 6.14. The zero-order valence-electron chi connectivity index (χ0n) is 11.9. The third kappa shape index (κ3) is 1.89. The van der Waals surface area contributed by atoms with E-state index in [1.165, 1.54) is 25.7 Å². The first-order valence-corrected chi connectivity index (χ1v) is 7.59. The summed E-state index contributed by atoms with van der Waals surface area (Å²) < 4.78 is 12.2. The van der Waals surface area contributed by atoms with E-state index in [9.17, 15) is 0 Å². The summed E-state index contributed by atoms with van der Waals surface area (Å²) in [6.07, 6.45) is 5.48. The van der Waals surface area contributed by atoms with Crippen molar-refractivity contribution in [3.05, 3.63) is 12.3 Å². The van der Waals surface area contributed by atoms with Gasteiger partial charge in [0.05, 0.1) is 11.9 Å². The number of hydrogen-bond donors (Lipinski definition) is 0. The molecule has 7 atom stereocenters. The van der Waals surface area contributed by atoms with Gasteiger partial charge < -0.3 is 9.47 Å². The van der Waals surface area contributed by atoms with Gasteiger partial charge in [0, 0.05) is 11.8 Å². The van der Waals surface area contributed by atoms with Crippen LogP contribution in [0.2, 0.25) is 0 Å². The molecule has 3 rings (SSSR count). The molecule has 3 fully saturated rings. The van der Waals surface area contributed by atoms with Crippen molar-refractivity contribution in [1.82, 2.24) is 0 Å². The summed E-state index contributed by atoms with van der Waals surface area (Å²) in [4.78, 5) is 0. The molecule has 1 unspecified atom stereocenters. The van der Waals surface area contributed by atoms with Gasteiger partial charge in [0.15, 0.2) is 0 Å². The minimum Gasteiger partial charge on any atom is -0.469 e.